The molecule has 3 saturated heterocycles. The second-order valence-electron chi connectivity index (χ2n) is 12.8. The van der Waals surface area contributed by atoms with Crippen molar-refractivity contribution in [1.29, 1.82) is 0 Å². The lowest BCUT2D eigenvalue weighted by molar-refractivity contribution is -0.362. The zero-order chi connectivity index (χ0) is 38.6. The summed E-state index contributed by atoms with van der Waals surface area (Å²) in [4.78, 5) is 13.2. The molecule has 11 N–H and O–H groups in total. The number of rotatable bonds is 12. The van der Waals surface area contributed by atoms with E-state index < -0.39 is 117 Å². The summed E-state index contributed by atoms with van der Waals surface area (Å²) in [7, 11) is 0. The largest absolute Gasteiger partial charge is 0.504 e. The van der Waals surface area contributed by atoms with Crippen LogP contribution < -0.4 is 0 Å². The van der Waals surface area contributed by atoms with E-state index in [-0.39, 0.29) is 30.1 Å². The summed E-state index contributed by atoms with van der Waals surface area (Å²) < 4.78 is 40.1. The molecular weight excluding hydrogens is 712 g/mol. The second kappa shape index (κ2) is 17.6. The van der Waals surface area contributed by atoms with Crippen LogP contribution >= 0.6 is 0 Å². The van der Waals surface area contributed by atoms with Crippen molar-refractivity contribution in [2.75, 3.05) is 19.8 Å². The lowest BCUT2D eigenvalue weighted by atomic mass is 9.96. The quantitative estimate of drug-likeness (QED) is 0.0603. The molecule has 3 aliphatic heterocycles. The number of carbonyl (C=O) groups is 1. The third-order valence-corrected chi connectivity index (χ3v) is 8.97. The zero-order valence-corrected chi connectivity index (χ0v) is 28.2. The van der Waals surface area contributed by atoms with Crippen molar-refractivity contribution in [1.82, 2.24) is 0 Å². The van der Waals surface area contributed by atoms with E-state index in [0.29, 0.717) is 5.56 Å². The van der Waals surface area contributed by atoms with Gasteiger partial charge in [0.1, 0.15) is 54.9 Å². The Hall–Kier alpha value is -3.67. The Morgan fingerprint density at radius 3 is 2.11 bits per heavy atom. The number of aliphatic hydroxyl groups excluding tert-OH is 7. The fourth-order valence-corrected chi connectivity index (χ4v) is 5.86. The van der Waals surface area contributed by atoms with Crippen LogP contribution in [0.25, 0.3) is 6.08 Å². The van der Waals surface area contributed by atoms with Crippen LogP contribution in [0.5, 0.6) is 23.0 Å². The van der Waals surface area contributed by atoms with Crippen LogP contribution in [-0.2, 0) is 44.4 Å². The number of aromatic hydroxyl groups is 4. The summed E-state index contributed by atoms with van der Waals surface area (Å²) in [5.74, 6) is -2.62. The monoisotopic (exact) mass is 756 g/mol. The minimum Gasteiger partial charge on any atom is -0.504 e. The number of hydrogen-bond donors (Lipinski definition) is 11. The Morgan fingerprint density at radius 1 is 0.736 bits per heavy atom. The van der Waals surface area contributed by atoms with Crippen LogP contribution in [0, 0.1) is 0 Å². The van der Waals surface area contributed by atoms with Gasteiger partial charge in [-0.05, 0) is 54.8 Å². The Balaban J connectivity index is 1.42. The SMILES string of the molecule is C[C@H]1O[C@H](O[C@H]2[C@H](O)[C@@H](OCCc3ccc(O)c(O)c3)O[C@@H](CO[C@H]3OC[C@H](O)[C@@H](O)[C@@H]3O)[C@@H]2OC(=O)/C=C/c2ccc(O)c(O)c2)[C@@H](O)[C@@H](O)[C@@H]1O. The number of carbonyl (C=O) groups excluding carboxylic acids is 1. The predicted octanol–water partition coefficient (Wildman–Crippen LogP) is -2.55. The summed E-state index contributed by atoms with van der Waals surface area (Å²) in [6, 6.07) is 7.83. The molecule has 19 nitrogen and oxygen atoms in total. The lowest BCUT2D eigenvalue weighted by Gasteiger charge is -2.47. The van der Waals surface area contributed by atoms with E-state index in [1.54, 1.807) is 0 Å². The molecule has 14 atom stereocenters. The van der Waals surface area contributed by atoms with Gasteiger partial charge in [-0.25, -0.2) is 4.79 Å². The smallest absolute Gasteiger partial charge is 0.331 e. The molecule has 19 heteroatoms. The van der Waals surface area contributed by atoms with Gasteiger partial charge in [-0.15, -0.1) is 0 Å². The first kappa shape index (κ1) is 40.5. The molecule has 0 aliphatic carbocycles. The fourth-order valence-electron chi connectivity index (χ4n) is 5.86. The summed E-state index contributed by atoms with van der Waals surface area (Å²) in [6.07, 6.45) is -20.0. The maximum absolute atomic E-state index is 13.2. The van der Waals surface area contributed by atoms with Gasteiger partial charge in [-0.2, -0.15) is 0 Å². The molecule has 5 rings (SSSR count). The maximum atomic E-state index is 13.2. The van der Waals surface area contributed by atoms with Gasteiger partial charge in [-0.3, -0.25) is 0 Å². The average Bonchev–Trinajstić information content (AvgIpc) is 3.13. The van der Waals surface area contributed by atoms with Gasteiger partial charge in [0, 0.05) is 6.08 Å². The number of phenols is 4. The summed E-state index contributed by atoms with van der Waals surface area (Å²) >= 11 is 0. The third kappa shape index (κ3) is 9.72. The zero-order valence-electron chi connectivity index (χ0n) is 28.2. The van der Waals surface area contributed by atoms with Crippen LogP contribution in [-0.4, -0.2) is 168 Å². The predicted molar refractivity (Wildman–Crippen MR) is 174 cm³/mol. The van der Waals surface area contributed by atoms with E-state index in [1.165, 1.54) is 49.4 Å². The van der Waals surface area contributed by atoms with Crippen molar-refractivity contribution in [2.45, 2.75) is 99.4 Å². The minimum atomic E-state index is -1.86. The summed E-state index contributed by atoms with van der Waals surface area (Å²) in [6.45, 7) is 0.237. The number of aliphatic hydroxyl groups is 7. The van der Waals surface area contributed by atoms with Crippen LogP contribution in [0.2, 0.25) is 0 Å². The van der Waals surface area contributed by atoms with E-state index in [4.69, 9.17) is 33.2 Å². The summed E-state index contributed by atoms with van der Waals surface area (Å²) in [5.41, 5.74) is 0.813. The van der Waals surface area contributed by atoms with E-state index in [1.807, 2.05) is 0 Å². The minimum absolute atomic E-state index is 0.136. The molecule has 0 spiro atoms. The molecule has 3 heterocycles. The summed E-state index contributed by atoms with van der Waals surface area (Å²) in [5, 5.41) is 112. The highest BCUT2D eigenvalue weighted by atomic mass is 16.8. The van der Waals surface area contributed by atoms with Crippen molar-refractivity contribution in [3.8, 4) is 23.0 Å². The van der Waals surface area contributed by atoms with Gasteiger partial charge in [0.25, 0.3) is 0 Å². The topological polar surface area (TPSA) is 304 Å². The standard InChI is InChI=1S/C34H44O19/c1-14-24(41)26(43)28(45)34(50-14)53-31-29(46)33(47-9-8-16-3-6-18(36)20(38)11-16)51-22(13-49-32-27(44)25(42)21(39)12-48-32)30(31)52-23(40)7-4-15-2-5-17(35)19(37)10-15/h2-7,10-11,14,21-22,24-39,41-46H,8-9,12-13H2,1H3/b7-4+/t14-,21+,22+,24-,25-,26+,27+,28+,29+,30+,31+,32-,33+,34-/m1/s1. The second-order valence-corrected chi connectivity index (χ2v) is 12.8. The molecule has 0 unspecified atom stereocenters. The van der Waals surface area contributed by atoms with Gasteiger partial charge in [0.2, 0.25) is 0 Å². The highest BCUT2D eigenvalue weighted by Crippen LogP contribution is 2.33. The molecule has 0 saturated carbocycles. The first-order valence-corrected chi connectivity index (χ1v) is 16.6. The first-order valence-electron chi connectivity index (χ1n) is 16.6. The Bertz CT molecular complexity index is 1560. The van der Waals surface area contributed by atoms with Crippen LogP contribution in [0.4, 0.5) is 0 Å². The van der Waals surface area contributed by atoms with Gasteiger partial charge in [-0.1, -0.05) is 12.1 Å². The van der Waals surface area contributed by atoms with Crippen molar-refractivity contribution in [2.24, 2.45) is 0 Å². The molecule has 0 amide bonds. The Morgan fingerprint density at radius 2 is 1.42 bits per heavy atom. The first-order chi connectivity index (χ1) is 25.1. The molecule has 294 valence electrons. The van der Waals surface area contributed by atoms with Gasteiger partial charge < -0.3 is 89.3 Å². The number of ether oxygens (including phenoxy) is 7. The highest BCUT2D eigenvalue weighted by Gasteiger charge is 2.53. The molecule has 2 aromatic carbocycles. The van der Waals surface area contributed by atoms with Gasteiger partial charge in [0.15, 0.2) is 48.0 Å². The average molecular weight is 757 g/mol. The van der Waals surface area contributed by atoms with Crippen LogP contribution in [0.15, 0.2) is 42.5 Å². The third-order valence-electron chi connectivity index (χ3n) is 8.97. The normalized spacial score (nSPS) is 36.4. The van der Waals surface area contributed by atoms with Gasteiger partial charge >= 0.3 is 5.97 Å². The van der Waals surface area contributed by atoms with E-state index in [2.05, 4.69) is 0 Å². The number of phenolic OH excluding ortho intramolecular Hbond substituents is 4. The van der Waals surface area contributed by atoms with Gasteiger partial charge in [0.05, 0.1) is 25.9 Å². The molecule has 2 aromatic rings. The molecule has 3 aliphatic rings. The molecule has 3 fully saturated rings. The molecular formula is C34H44O19. The van der Waals surface area contributed by atoms with E-state index >= 15 is 0 Å². The molecule has 0 bridgehead atoms. The van der Waals surface area contributed by atoms with Crippen molar-refractivity contribution >= 4 is 12.0 Å². The van der Waals surface area contributed by atoms with E-state index in [9.17, 15) is 61.0 Å². The maximum Gasteiger partial charge on any atom is 0.331 e. The number of benzene rings is 2. The number of hydrogen-bond acceptors (Lipinski definition) is 19. The van der Waals surface area contributed by atoms with E-state index in [0.717, 1.165) is 6.08 Å². The van der Waals surface area contributed by atoms with Crippen molar-refractivity contribution in [3.05, 3.63) is 53.6 Å². The van der Waals surface area contributed by atoms with Crippen LogP contribution in [0.3, 0.4) is 0 Å². The Kier molecular flexibility index (Phi) is 13.5. The molecule has 53 heavy (non-hydrogen) atoms. The van der Waals surface area contributed by atoms with Crippen LogP contribution in [0.1, 0.15) is 18.1 Å². The lowest BCUT2D eigenvalue weighted by Crippen LogP contribution is -2.65. The fraction of sp³-hybridized carbons (Fsp3) is 0.559. The highest BCUT2D eigenvalue weighted by molar-refractivity contribution is 5.87. The Labute approximate surface area is 302 Å². The number of esters is 1. The molecule has 0 radical (unpaired) electrons. The van der Waals surface area contributed by atoms with Crippen molar-refractivity contribution in [3.63, 3.8) is 0 Å². The van der Waals surface area contributed by atoms with Crippen molar-refractivity contribution < 1.29 is 94.1 Å². The molecule has 0 aromatic heterocycles.